The summed E-state index contributed by atoms with van der Waals surface area (Å²) < 4.78 is 28.4. The average Bonchev–Trinajstić information content (AvgIpc) is 2.78. The molecule has 2 rings (SSSR count). The second-order valence-corrected chi connectivity index (χ2v) is 8.35. The smallest absolute Gasteiger partial charge is 0.260 e. The van der Waals surface area contributed by atoms with Gasteiger partial charge in [-0.3, -0.25) is 4.79 Å². The van der Waals surface area contributed by atoms with Crippen molar-refractivity contribution in [1.82, 2.24) is 5.32 Å². The highest BCUT2D eigenvalue weighted by molar-refractivity contribution is 7.91. The Morgan fingerprint density at radius 3 is 2.82 bits per heavy atom. The van der Waals surface area contributed by atoms with Crippen LogP contribution in [-0.4, -0.2) is 38.5 Å². The summed E-state index contributed by atoms with van der Waals surface area (Å²) in [7, 11) is -2.92. The van der Waals surface area contributed by atoms with E-state index in [1.165, 1.54) is 0 Å². The van der Waals surface area contributed by atoms with Crippen molar-refractivity contribution < 1.29 is 17.9 Å². The minimum absolute atomic E-state index is 0.00146. The molecule has 0 bridgehead atoms. The molecule has 0 saturated carbocycles. The predicted octanol–water partition coefficient (Wildman–Crippen LogP) is 1.97. The lowest BCUT2D eigenvalue weighted by Crippen LogP contribution is -2.39. The van der Waals surface area contributed by atoms with Crippen LogP contribution in [0.15, 0.2) is 18.2 Å². The van der Waals surface area contributed by atoms with Gasteiger partial charge < -0.3 is 10.1 Å². The molecule has 1 fully saturated rings. The summed E-state index contributed by atoms with van der Waals surface area (Å²) in [4.78, 5) is 12.0. The molecule has 1 aromatic carbocycles. The predicted molar refractivity (Wildman–Crippen MR) is 86.0 cm³/mol. The number of rotatable bonds is 5. The van der Waals surface area contributed by atoms with E-state index in [1.807, 2.05) is 6.92 Å². The molecule has 0 unspecified atom stereocenters. The van der Waals surface area contributed by atoms with Crippen LogP contribution < -0.4 is 10.1 Å². The fourth-order valence-corrected chi connectivity index (χ4v) is 4.50. The largest absolute Gasteiger partial charge is 0.481 e. The van der Waals surface area contributed by atoms with Crippen molar-refractivity contribution in [3.63, 3.8) is 0 Å². The molecule has 1 amide bonds. The lowest BCUT2D eigenvalue weighted by Gasteiger charge is -2.17. The third-order valence-corrected chi connectivity index (χ3v) is 5.77. The van der Waals surface area contributed by atoms with Crippen LogP contribution in [-0.2, 0) is 14.6 Å². The first-order valence-electron chi connectivity index (χ1n) is 7.18. The maximum Gasteiger partial charge on any atom is 0.260 e. The quantitative estimate of drug-likeness (QED) is 0.885. The molecule has 0 spiro atoms. The van der Waals surface area contributed by atoms with Crippen LogP contribution in [0, 0.1) is 12.8 Å². The van der Waals surface area contributed by atoms with E-state index < -0.39 is 15.9 Å². The highest BCUT2D eigenvalue weighted by Crippen LogP contribution is 2.23. The van der Waals surface area contributed by atoms with Crippen molar-refractivity contribution in [1.29, 1.82) is 0 Å². The standard InChI is InChI=1S/C15H20ClNO4S/c1-10-7-13(16)3-4-14(10)21-11(2)15(18)17-8-12-5-6-22(19,20)9-12/h3-4,7,11-12H,5-6,8-9H2,1-2H3,(H,17,18)/t11-,12-/m0/s1. The molecule has 7 heteroatoms. The number of hydrogen-bond donors (Lipinski definition) is 1. The Bertz CT molecular complexity index is 660. The zero-order valence-corrected chi connectivity index (χ0v) is 14.2. The van der Waals surface area contributed by atoms with Crippen LogP contribution in [0.5, 0.6) is 5.75 Å². The van der Waals surface area contributed by atoms with E-state index in [9.17, 15) is 13.2 Å². The topological polar surface area (TPSA) is 72.5 Å². The second kappa shape index (κ2) is 6.87. The minimum atomic E-state index is -2.92. The number of benzene rings is 1. The van der Waals surface area contributed by atoms with Crippen LogP contribution in [0.3, 0.4) is 0 Å². The van der Waals surface area contributed by atoms with Gasteiger partial charge in [0, 0.05) is 11.6 Å². The normalized spacial score (nSPS) is 21.3. The summed E-state index contributed by atoms with van der Waals surface area (Å²) in [6, 6.07) is 5.20. The first-order chi connectivity index (χ1) is 10.3. The number of amides is 1. The molecule has 1 saturated heterocycles. The maximum atomic E-state index is 12.0. The Labute approximate surface area is 135 Å². The molecule has 1 aliphatic rings. The van der Waals surface area contributed by atoms with Crippen molar-refractivity contribution in [2.24, 2.45) is 5.92 Å². The van der Waals surface area contributed by atoms with Gasteiger partial charge in [0.1, 0.15) is 5.75 Å². The lowest BCUT2D eigenvalue weighted by atomic mass is 10.1. The molecule has 1 heterocycles. The minimum Gasteiger partial charge on any atom is -0.481 e. The van der Waals surface area contributed by atoms with Crippen LogP contribution in [0.2, 0.25) is 5.02 Å². The number of carbonyl (C=O) groups is 1. The number of carbonyl (C=O) groups excluding carboxylic acids is 1. The summed E-state index contributed by atoms with van der Waals surface area (Å²) >= 11 is 5.88. The summed E-state index contributed by atoms with van der Waals surface area (Å²) in [6.07, 6.45) is -0.0494. The Morgan fingerprint density at radius 1 is 1.50 bits per heavy atom. The Morgan fingerprint density at radius 2 is 2.23 bits per heavy atom. The van der Waals surface area contributed by atoms with E-state index in [2.05, 4.69) is 5.32 Å². The molecule has 22 heavy (non-hydrogen) atoms. The lowest BCUT2D eigenvalue weighted by molar-refractivity contribution is -0.127. The summed E-state index contributed by atoms with van der Waals surface area (Å²) in [5.74, 6) is 0.718. The van der Waals surface area contributed by atoms with Gasteiger partial charge in [0.25, 0.3) is 5.91 Å². The number of aryl methyl sites for hydroxylation is 1. The van der Waals surface area contributed by atoms with Crippen LogP contribution in [0.25, 0.3) is 0 Å². The first-order valence-corrected chi connectivity index (χ1v) is 9.38. The SMILES string of the molecule is Cc1cc(Cl)ccc1O[C@@H](C)C(=O)NC[C@@H]1CCS(=O)(=O)C1. The summed E-state index contributed by atoms with van der Waals surface area (Å²) in [5, 5.41) is 3.37. The molecule has 122 valence electrons. The number of halogens is 1. The number of ether oxygens (including phenoxy) is 1. The third kappa shape index (κ3) is 4.61. The van der Waals surface area contributed by atoms with Gasteiger partial charge >= 0.3 is 0 Å². The van der Waals surface area contributed by atoms with Crippen molar-refractivity contribution in [2.75, 3.05) is 18.1 Å². The Balaban J connectivity index is 1.84. The molecule has 0 aromatic heterocycles. The second-order valence-electron chi connectivity index (χ2n) is 5.68. The molecule has 0 aliphatic carbocycles. The van der Waals surface area contributed by atoms with Gasteiger partial charge in [0.05, 0.1) is 11.5 Å². The molecular formula is C15H20ClNO4S. The van der Waals surface area contributed by atoms with E-state index in [-0.39, 0.29) is 23.3 Å². The van der Waals surface area contributed by atoms with Gasteiger partial charge in [-0.15, -0.1) is 0 Å². The van der Waals surface area contributed by atoms with Crippen molar-refractivity contribution in [3.05, 3.63) is 28.8 Å². The van der Waals surface area contributed by atoms with Gasteiger partial charge in [0.15, 0.2) is 15.9 Å². The first kappa shape index (κ1) is 17.1. The van der Waals surface area contributed by atoms with Crippen molar-refractivity contribution >= 4 is 27.3 Å². The zero-order valence-electron chi connectivity index (χ0n) is 12.6. The highest BCUT2D eigenvalue weighted by atomic mass is 35.5. The number of sulfone groups is 1. The zero-order chi connectivity index (χ0) is 16.3. The monoisotopic (exact) mass is 345 g/mol. The van der Waals surface area contributed by atoms with E-state index >= 15 is 0 Å². The summed E-state index contributed by atoms with van der Waals surface area (Å²) in [6.45, 7) is 3.88. The molecule has 2 atom stereocenters. The fourth-order valence-electron chi connectivity index (χ4n) is 2.41. The maximum absolute atomic E-state index is 12.0. The Kier molecular flexibility index (Phi) is 5.34. The molecule has 5 nitrogen and oxygen atoms in total. The fraction of sp³-hybridized carbons (Fsp3) is 0.533. The third-order valence-electron chi connectivity index (χ3n) is 3.70. The summed E-state index contributed by atoms with van der Waals surface area (Å²) in [5.41, 5.74) is 0.856. The van der Waals surface area contributed by atoms with E-state index in [0.29, 0.717) is 23.7 Å². The average molecular weight is 346 g/mol. The van der Waals surface area contributed by atoms with Gasteiger partial charge in [0.2, 0.25) is 0 Å². The van der Waals surface area contributed by atoms with E-state index in [1.54, 1.807) is 25.1 Å². The van der Waals surface area contributed by atoms with Gasteiger partial charge in [-0.05, 0) is 49.9 Å². The molecule has 1 aliphatic heterocycles. The van der Waals surface area contributed by atoms with E-state index in [4.69, 9.17) is 16.3 Å². The van der Waals surface area contributed by atoms with Crippen LogP contribution in [0.4, 0.5) is 0 Å². The van der Waals surface area contributed by atoms with Gasteiger partial charge in [-0.25, -0.2) is 8.42 Å². The van der Waals surface area contributed by atoms with Crippen LogP contribution >= 0.6 is 11.6 Å². The Hall–Kier alpha value is -1.27. The molecule has 1 aromatic rings. The van der Waals surface area contributed by atoms with E-state index in [0.717, 1.165) is 5.56 Å². The highest BCUT2D eigenvalue weighted by Gasteiger charge is 2.28. The van der Waals surface area contributed by atoms with Crippen LogP contribution in [0.1, 0.15) is 18.9 Å². The molecular weight excluding hydrogens is 326 g/mol. The van der Waals surface area contributed by atoms with Crippen molar-refractivity contribution in [2.45, 2.75) is 26.4 Å². The number of hydrogen-bond acceptors (Lipinski definition) is 4. The van der Waals surface area contributed by atoms with Gasteiger partial charge in [-0.2, -0.15) is 0 Å². The molecule has 1 N–H and O–H groups in total. The van der Waals surface area contributed by atoms with Gasteiger partial charge in [-0.1, -0.05) is 11.6 Å². The molecule has 0 radical (unpaired) electrons. The van der Waals surface area contributed by atoms with Crippen molar-refractivity contribution in [3.8, 4) is 5.75 Å². The number of nitrogens with one attached hydrogen (secondary N) is 1.